The van der Waals surface area contributed by atoms with Gasteiger partial charge in [-0.05, 0) is 68.6 Å². The number of fused-ring (bicyclic) bond motifs is 3. The van der Waals surface area contributed by atoms with Crippen LogP contribution in [-0.4, -0.2) is 36.0 Å². The summed E-state index contributed by atoms with van der Waals surface area (Å²) in [5, 5.41) is 10.3. The molecule has 4 aliphatic carbocycles. The van der Waals surface area contributed by atoms with Crippen molar-refractivity contribution in [3.05, 3.63) is 12.2 Å². The molecule has 2 bridgehead atoms. The smallest absolute Gasteiger partial charge is 0.302 e. The number of carbonyl (C=O) groups excluding carboxylic acids is 1. The molecule has 3 fully saturated rings. The third-order valence-electron chi connectivity index (χ3n) is 9.27. The van der Waals surface area contributed by atoms with Gasteiger partial charge in [0.15, 0.2) is 0 Å². The summed E-state index contributed by atoms with van der Waals surface area (Å²) in [6.45, 7) is 11.5. The zero-order valence-corrected chi connectivity index (χ0v) is 18.3. The van der Waals surface area contributed by atoms with Crippen molar-refractivity contribution < 1.29 is 19.4 Å². The number of aliphatic hydroxyl groups excluding tert-OH is 1. The highest BCUT2D eigenvalue weighted by molar-refractivity contribution is 5.66. The zero-order chi connectivity index (χ0) is 20.4. The summed E-state index contributed by atoms with van der Waals surface area (Å²) < 4.78 is 12.4. The van der Waals surface area contributed by atoms with E-state index in [9.17, 15) is 9.90 Å². The number of hydrogen-bond acceptors (Lipinski definition) is 4. The second kappa shape index (κ2) is 6.57. The quantitative estimate of drug-likeness (QED) is 0.567. The molecule has 0 aromatic rings. The van der Waals surface area contributed by atoms with Crippen LogP contribution in [-0.2, 0) is 14.3 Å². The van der Waals surface area contributed by atoms with Gasteiger partial charge in [0.1, 0.15) is 6.10 Å². The van der Waals surface area contributed by atoms with Gasteiger partial charge < -0.3 is 14.6 Å². The van der Waals surface area contributed by atoms with Crippen LogP contribution >= 0.6 is 0 Å². The number of esters is 1. The summed E-state index contributed by atoms with van der Waals surface area (Å²) in [6, 6.07) is 0. The fourth-order valence-corrected chi connectivity index (χ4v) is 8.18. The minimum atomic E-state index is -0.184. The Labute approximate surface area is 170 Å². The van der Waals surface area contributed by atoms with Crippen molar-refractivity contribution in [3.8, 4) is 0 Å². The van der Waals surface area contributed by atoms with E-state index in [0.29, 0.717) is 24.4 Å². The minimum Gasteiger partial charge on any atom is -0.462 e. The van der Waals surface area contributed by atoms with Gasteiger partial charge >= 0.3 is 5.97 Å². The van der Waals surface area contributed by atoms with E-state index in [1.165, 1.54) is 6.42 Å². The maximum atomic E-state index is 12.1. The molecule has 4 aliphatic rings. The Hall–Kier alpha value is -0.870. The minimum absolute atomic E-state index is 0.0477. The lowest BCUT2D eigenvalue weighted by atomic mass is 9.41. The molecule has 4 rings (SSSR count). The van der Waals surface area contributed by atoms with Gasteiger partial charge in [-0.1, -0.05) is 32.4 Å². The van der Waals surface area contributed by atoms with Crippen LogP contribution in [0.5, 0.6) is 0 Å². The summed E-state index contributed by atoms with van der Waals surface area (Å²) in [5.74, 6) is 0.931. The summed E-state index contributed by atoms with van der Waals surface area (Å²) in [6.07, 6.45) is 11.0. The van der Waals surface area contributed by atoms with Gasteiger partial charge in [-0.2, -0.15) is 0 Å². The third-order valence-corrected chi connectivity index (χ3v) is 9.27. The Morgan fingerprint density at radius 2 is 1.96 bits per heavy atom. The van der Waals surface area contributed by atoms with E-state index in [2.05, 4.69) is 39.8 Å². The van der Waals surface area contributed by atoms with Crippen LogP contribution in [0.2, 0.25) is 0 Å². The van der Waals surface area contributed by atoms with Gasteiger partial charge in [0.05, 0.1) is 5.60 Å². The van der Waals surface area contributed by atoms with Crippen molar-refractivity contribution in [2.24, 2.45) is 34.0 Å². The van der Waals surface area contributed by atoms with Crippen molar-refractivity contribution in [1.29, 1.82) is 0 Å². The first-order chi connectivity index (χ1) is 13.1. The summed E-state index contributed by atoms with van der Waals surface area (Å²) in [5.41, 5.74) is -0.199. The lowest BCUT2D eigenvalue weighted by molar-refractivity contribution is -0.205. The highest BCUT2D eigenvalue weighted by atomic mass is 16.5. The van der Waals surface area contributed by atoms with Gasteiger partial charge in [0, 0.05) is 31.5 Å². The molecule has 0 amide bonds. The van der Waals surface area contributed by atoms with Crippen LogP contribution in [0.25, 0.3) is 0 Å². The molecule has 28 heavy (non-hydrogen) atoms. The Morgan fingerprint density at radius 1 is 1.21 bits per heavy atom. The van der Waals surface area contributed by atoms with Gasteiger partial charge in [0.2, 0.25) is 0 Å². The zero-order valence-electron chi connectivity index (χ0n) is 18.3. The predicted molar refractivity (Wildman–Crippen MR) is 109 cm³/mol. The molecule has 0 heterocycles. The van der Waals surface area contributed by atoms with E-state index >= 15 is 0 Å². The van der Waals surface area contributed by atoms with Crippen LogP contribution in [0.1, 0.15) is 73.1 Å². The first kappa shape index (κ1) is 20.4. The van der Waals surface area contributed by atoms with Crippen LogP contribution < -0.4 is 0 Å². The first-order valence-electron chi connectivity index (χ1n) is 11.2. The molecule has 0 aromatic heterocycles. The Bertz CT molecular complexity index is 674. The van der Waals surface area contributed by atoms with E-state index in [-0.39, 0.29) is 40.5 Å². The molecule has 0 saturated heterocycles. The molecule has 4 nitrogen and oxygen atoms in total. The van der Waals surface area contributed by atoms with E-state index in [1.807, 2.05) is 0 Å². The number of hydrogen-bond donors (Lipinski definition) is 1. The van der Waals surface area contributed by atoms with E-state index in [0.717, 1.165) is 32.1 Å². The maximum Gasteiger partial charge on any atom is 0.302 e. The first-order valence-corrected chi connectivity index (χ1v) is 11.2. The van der Waals surface area contributed by atoms with E-state index in [1.54, 1.807) is 6.92 Å². The molecule has 0 radical (unpaired) electrons. The van der Waals surface area contributed by atoms with Gasteiger partial charge in [0.25, 0.3) is 0 Å². The van der Waals surface area contributed by atoms with Crippen molar-refractivity contribution >= 4 is 5.97 Å². The van der Waals surface area contributed by atoms with Crippen molar-refractivity contribution in [2.75, 3.05) is 13.2 Å². The van der Waals surface area contributed by atoms with Crippen LogP contribution in [0.15, 0.2) is 12.2 Å². The van der Waals surface area contributed by atoms with E-state index < -0.39 is 0 Å². The molecule has 3 saturated carbocycles. The normalized spacial score (nSPS) is 52.1. The van der Waals surface area contributed by atoms with E-state index in [4.69, 9.17) is 9.47 Å². The third kappa shape index (κ3) is 2.66. The average molecular weight is 391 g/mol. The lowest BCUT2D eigenvalue weighted by Crippen LogP contribution is -2.62. The highest BCUT2D eigenvalue weighted by Crippen LogP contribution is 2.72. The molecule has 0 aromatic carbocycles. The van der Waals surface area contributed by atoms with Crippen LogP contribution in [0, 0.1) is 34.0 Å². The summed E-state index contributed by atoms with van der Waals surface area (Å²) >= 11 is 0. The number of allylic oxidation sites excluding steroid dienone is 1. The van der Waals surface area contributed by atoms with Gasteiger partial charge in [-0.15, -0.1) is 0 Å². The molecule has 158 valence electrons. The molecule has 1 N–H and O–H groups in total. The topological polar surface area (TPSA) is 55.8 Å². The van der Waals surface area contributed by atoms with Crippen LogP contribution in [0.3, 0.4) is 0 Å². The van der Waals surface area contributed by atoms with Crippen molar-refractivity contribution in [3.63, 3.8) is 0 Å². The predicted octanol–water partition coefficient (Wildman–Crippen LogP) is 4.50. The van der Waals surface area contributed by atoms with Gasteiger partial charge in [-0.3, -0.25) is 4.79 Å². The molecule has 4 heteroatoms. The molecule has 8 atom stereocenters. The summed E-state index contributed by atoms with van der Waals surface area (Å²) in [7, 11) is 0. The number of aliphatic hydroxyl groups is 1. The maximum absolute atomic E-state index is 12.1. The Balaban J connectivity index is 1.81. The van der Waals surface area contributed by atoms with Crippen LogP contribution in [0.4, 0.5) is 0 Å². The number of ether oxygens (including phenoxy) is 2. The SMILES string of the molecule is CCO[C@]1(C)C[C@]23C[C@H]1C=C[C@H]2[C@]1(C)CCC[C@](C)(CO)[C@@H]1C[C@@H]3OC(C)=O. The molecule has 0 aliphatic heterocycles. The average Bonchev–Trinajstić information content (AvgIpc) is 2.83. The standard InChI is InChI=1S/C24H38O4/c1-6-27-23(5)14-24-13-17(23)8-9-18(24)22(4)11-7-10-21(3,15-25)19(22)12-20(24)28-16(2)26/h8-9,17-20,25H,6-7,10-15H2,1-5H3/t17-,18+,19+,20+,21-,22+,23-,24-/m1/s1. The van der Waals surface area contributed by atoms with Crippen molar-refractivity contribution in [1.82, 2.24) is 0 Å². The second-order valence-electron chi connectivity index (χ2n) is 10.9. The highest BCUT2D eigenvalue weighted by Gasteiger charge is 2.70. The monoisotopic (exact) mass is 390 g/mol. The number of rotatable bonds is 4. The van der Waals surface area contributed by atoms with Crippen molar-refractivity contribution in [2.45, 2.75) is 84.8 Å². The Morgan fingerprint density at radius 3 is 2.61 bits per heavy atom. The fraction of sp³-hybridized carbons (Fsp3) is 0.875. The van der Waals surface area contributed by atoms with Gasteiger partial charge in [-0.25, -0.2) is 0 Å². The molecular weight excluding hydrogens is 352 g/mol. The molecule has 0 unspecified atom stereocenters. The number of carbonyl (C=O) groups is 1. The largest absolute Gasteiger partial charge is 0.462 e. The lowest BCUT2D eigenvalue weighted by Gasteiger charge is -2.64. The fourth-order valence-electron chi connectivity index (χ4n) is 8.18. The molecule has 1 spiro atoms. The second-order valence-corrected chi connectivity index (χ2v) is 10.9. The summed E-state index contributed by atoms with van der Waals surface area (Å²) in [4.78, 5) is 12.1. The Kier molecular flexibility index (Phi) is 4.79. The molecular formula is C24H38O4.